The number of hydrogen-bond donors (Lipinski definition) is 0. The first-order chi connectivity index (χ1) is 16.9. The minimum atomic E-state index is -0.283. The van der Waals surface area contributed by atoms with E-state index in [9.17, 15) is 14.4 Å². The molecule has 0 radical (unpaired) electrons. The Morgan fingerprint density at radius 3 is 2.26 bits per heavy atom. The lowest BCUT2D eigenvalue weighted by atomic mass is 10.1. The number of carbonyl (C=O) groups is 3. The van der Waals surface area contributed by atoms with Gasteiger partial charge in [0.1, 0.15) is 0 Å². The standard InChI is InChI=1S/C27H33N3O5/c1-19(31)21-5-7-23(8-6-21)28-12-14-29(15-13-28)27(33)22-17-26(32)30(18-22)11-10-20-4-9-24(34-2)25(16-20)35-3/h4-9,16,22H,10-15,17-18H2,1-3H3/t22-/m1/s1. The normalized spacial score (nSPS) is 18.1. The van der Waals surface area contributed by atoms with Crippen LogP contribution in [-0.4, -0.2) is 80.9 Å². The van der Waals surface area contributed by atoms with Gasteiger partial charge in [-0.1, -0.05) is 6.07 Å². The molecule has 2 aromatic rings. The highest BCUT2D eigenvalue weighted by Gasteiger charge is 2.37. The van der Waals surface area contributed by atoms with Gasteiger partial charge in [-0.3, -0.25) is 14.4 Å². The molecule has 2 heterocycles. The number of ketones is 1. The van der Waals surface area contributed by atoms with Crippen LogP contribution in [-0.2, 0) is 16.0 Å². The van der Waals surface area contributed by atoms with Crippen LogP contribution in [0, 0.1) is 5.92 Å². The van der Waals surface area contributed by atoms with Gasteiger partial charge in [-0.15, -0.1) is 0 Å². The summed E-state index contributed by atoms with van der Waals surface area (Å²) in [6, 6.07) is 13.4. The van der Waals surface area contributed by atoms with Crippen LogP contribution in [0.2, 0.25) is 0 Å². The van der Waals surface area contributed by atoms with E-state index < -0.39 is 0 Å². The molecule has 2 fully saturated rings. The van der Waals surface area contributed by atoms with Crippen molar-refractivity contribution in [3.05, 3.63) is 53.6 Å². The average molecular weight is 480 g/mol. The van der Waals surface area contributed by atoms with Crippen molar-refractivity contribution < 1.29 is 23.9 Å². The van der Waals surface area contributed by atoms with Crippen molar-refractivity contribution in [2.24, 2.45) is 5.92 Å². The maximum atomic E-state index is 13.1. The summed E-state index contributed by atoms with van der Waals surface area (Å²) in [5, 5.41) is 0. The van der Waals surface area contributed by atoms with Gasteiger partial charge in [-0.25, -0.2) is 0 Å². The number of piperazine rings is 1. The highest BCUT2D eigenvalue weighted by atomic mass is 16.5. The van der Waals surface area contributed by atoms with Crippen molar-refractivity contribution in [3.63, 3.8) is 0 Å². The molecule has 1 atom stereocenters. The van der Waals surface area contributed by atoms with E-state index in [0.717, 1.165) is 24.3 Å². The maximum absolute atomic E-state index is 13.1. The fourth-order valence-electron chi connectivity index (χ4n) is 4.80. The molecule has 0 N–H and O–H groups in total. The van der Waals surface area contributed by atoms with Crippen LogP contribution in [0.15, 0.2) is 42.5 Å². The van der Waals surface area contributed by atoms with Gasteiger partial charge in [0.25, 0.3) is 0 Å². The van der Waals surface area contributed by atoms with Crippen LogP contribution in [0.1, 0.15) is 29.3 Å². The smallest absolute Gasteiger partial charge is 0.228 e. The lowest BCUT2D eigenvalue weighted by molar-refractivity contribution is -0.136. The number of hydrogen-bond acceptors (Lipinski definition) is 6. The van der Waals surface area contributed by atoms with Crippen molar-refractivity contribution in [2.75, 3.05) is 58.4 Å². The number of likely N-dealkylation sites (tertiary alicyclic amines) is 1. The summed E-state index contributed by atoms with van der Waals surface area (Å²) in [6.45, 7) is 5.32. The van der Waals surface area contributed by atoms with E-state index in [1.807, 2.05) is 47.4 Å². The third-order valence-corrected chi connectivity index (χ3v) is 6.91. The van der Waals surface area contributed by atoms with Crippen LogP contribution in [0.5, 0.6) is 11.5 Å². The van der Waals surface area contributed by atoms with Gasteiger partial charge in [-0.2, -0.15) is 0 Å². The summed E-state index contributed by atoms with van der Waals surface area (Å²) >= 11 is 0. The largest absolute Gasteiger partial charge is 0.493 e. The van der Waals surface area contributed by atoms with Crippen LogP contribution < -0.4 is 14.4 Å². The highest BCUT2D eigenvalue weighted by molar-refractivity contribution is 5.94. The summed E-state index contributed by atoms with van der Waals surface area (Å²) in [6.07, 6.45) is 0.964. The lowest BCUT2D eigenvalue weighted by Crippen LogP contribution is -2.50. The molecular formula is C27H33N3O5. The van der Waals surface area contributed by atoms with Gasteiger partial charge in [0, 0.05) is 56.9 Å². The van der Waals surface area contributed by atoms with E-state index in [1.165, 1.54) is 0 Å². The zero-order valence-corrected chi connectivity index (χ0v) is 20.7. The van der Waals surface area contributed by atoms with E-state index in [-0.39, 0.29) is 29.9 Å². The van der Waals surface area contributed by atoms with E-state index in [1.54, 1.807) is 26.0 Å². The zero-order valence-electron chi connectivity index (χ0n) is 20.7. The predicted octanol–water partition coefficient (Wildman–Crippen LogP) is 2.65. The molecule has 0 spiro atoms. The van der Waals surface area contributed by atoms with Crippen LogP contribution in [0.25, 0.3) is 0 Å². The number of carbonyl (C=O) groups excluding carboxylic acids is 3. The third kappa shape index (κ3) is 5.58. The van der Waals surface area contributed by atoms with Gasteiger partial charge >= 0.3 is 0 Å². The summed E-state index contributed by atoms with van der Waals surface area (Å²) in [7, 11) is 3.20. The highest BCUT2D eigenvalue weighted by Crippen LogP contribution is 2.28. The Morgan fingerprint density at radius 1 is 0.943 bits per heavy atom. The molecule has 2 saturated heterocycles. The minimum Gasteiger partial charge on any atom is -0.493 e. The Bertz CT molecular complexity index is 1080. The number of methoxy groups -OCH3 is 2. The molecule has 8 nitrogen and oxygen atoms in total. The molecule has 0 aromatic heterocycles. The number of rotatable bonds is 8. The SMILES string of the molecule is COc1ccc(CCN2C[C@H](C(=O)N3CCN(c4ccc(C(C)=O)cc4)CC3)CC2=O)cc1OC. The average Bonchev–Trinajstić information content (AvgIpc) is 3.27. The Labute approximate surface area is 206 Å². The molecule has 0 saturated carbocycles. The fraction of sp³-hybridized carbons (Fsp3) is 0.444. The van der Waals surface area contributed by atoms with Crippen LogP contribution >= 0.6 is 0 Å². The van der Waals surface area contributed by atoms with Gasteiger partial charge in [0.05, 0.1) is 20.1 Å². The number of Topliss-reactive ketones (excluding diaryl/α,β-unsaturated/α-hetero) is 1. The number of anilines is 1. The second-order valence-electron chi connectivity index (χ2n) is 9.10. The predicted molar refractivity (Wildman–Crippen MR) is 133 cm³/mol. The summed E-state index contributed by atoms with van der Waals surface area (Å²) in [5.41, 5.74) is 2.81. The Kier molecular flexibility index (Phi) is 7.58. The summed E-state index contributed by atoms with van der Waals surface area (Å²) in [4.78, 5) is 43.1. The van der Waals surface area contributed by atoms with Gasteiger partial charge in [0.15, 0.2) is 17.3 Å². The van der Waals surface area contributed by atoms with Crippen molar-refractivity contribution in [3.8, 4) is 11.5 Å². The molecule has 0 unspecified atom stereocenters. The molecule has 2 aliphatic heterocycles. The van der Waals surface area contributed by atoms with Crippen molar-refractivity contribution in [2.45, 2.75) is 19.8 Å². The Morgan fingerprint density at radius 2 is 1.63 bits per heavy atom. The lowest BCUT2D eigenvalue weighted by Gasteiger charge is -2.37. The second-order valence-corrected chi connectivity index (χ2v) is 9.10. The molecule has 2 amide bonds. The molecule has 0 aliphatic carbocycles. The third-order valence-electron chi connectivity index (χ3n) is 6.91. The number of nitrogens with zero attached hydrogens (tertiary/aromatic N) is 3. The topological polar surface area (TPSA) is 79.4 Å². The molecule has 2 aromatic carbocycles. The summed E-state index contributed by atoms with van der Waals surface area (Å²) < 4.78 is 10.6. The van der Waals surface area contributed by atoms with E-state index >= 15 is 0 Å². The summed E-state index contributed by atoms with van der Waals surface area (Å²) in [5.74, 6) is 1.21. The fourth-order valence-corrected chi connectivity index (χ4v) is 4.80. The van der Waals surface area contributed by atoms with E-state index in [4.69, 9.17) is 9.47 Å². The number of amides is 2. The second kappa shape index (κ2) is 10.8. The molecule has 4 rings (SSSR count). The molecule has 0 bridgehead atoms. The van der Waals surface area contributed by atoms with E-state index in [2.05, 4.69) is 4.90 Å². The van der Waals surface area contributed by atoms with Crippen molar-refractivity contribution >= 4 is 23.3 Å². The van der Waals surface area contributed by atoms with Gasteiger partial charge in [0.2, 0.25) is 11.8 Å². The molecule has 186 valence electrons. The minimum absolute atomic E-state index is 0.0352. The van der Waals surface area contributed by atoms with Crippen molar-refractivity contribution in [1.82, 2.24) is 9.80 Å². The first-order valence-corrected chi connectivity index (χ1v) is 12.0. The van der Waals surface area contributed by atoms with Crippen molar-refractivity contribution in [1.29, 1.82) is 0 Å². The molecular weight excluding hydrogens is 446 g/mol. The van der Waals surface area contributed by atoms with Crippen LogP contribution in [0.3, 0.4) is 0 Å². The number of ether oxygens (including phenoxy) is 2. The Hall–Kier alpha value is -3.55. The Balaban J connectivity index is 1.28. The quantitative estimate of drug-likeness (QED) is 0.542. The zero-order chi connectivity index (χ0) is 24.9. The molecule has 2 aliphatic rings. The van der Waals surface area contributed by atoms with Gasteiger partial charge < -0.3 is 24.2 Å². The van der Waals surface area contributed by atoms with E-state index in [0.29, 0.717) is 49.7 Å². The molecule has 35 heavy (non-hydrogen) atoms. The number of benzene rings is 2. The molecule has 8 heteroatoms. The maximum Gasteiger partial charge on any atom is 0.228 e. The first kappa shape index (κ1) is 24.6. The first-order valence-electron chi connectivity index (χ1n) is 12.0. The monoisotopic (exact) mass is 479 g/mol. The van der Waals surface area contributed by atoms with Crippen LogP contribution in [0.4, 0.5) is 5.69 Å². The van der Waals surface area contributed by atoms with Gasteiger partial charge in [-0.05, 0) is 55.3 Å².